The molecule has 68 valence electrons. The molecule has 1 aromatic heterocycles. The van der Waals surface area contributed by atoms with Gasteiger partial charge in [-0.2, -0.15) is 5.26 Å². The Bertz CT molecular complexity index is 476. The molecule has 0 unspecified atom stereocenters. The van der Waals surface area contributed by atoms with Crippen molar-refractivity contribution in [1.82, 2.24) is 4.57 Å². The maximum Gasteiger partial charge on any atom is 0.101 e. The Morgan fingerprint density at radius 2 is 1.93 bits per heavy atom. The Morgan fingerprint density at radius 1 is 1.21 bits per heavy atom. The lowest BCUT2D eigenvalue weighted by molar-refractivity contribution is 1.07. The molecular formula is C12H10N2. The van der Waals surface area contributed by atoms with Crippen molar-refractivity contribution in [3.05, 3.63) is 53.9 Å². The summed E-state index contributed by atoms with van der Waals surface area (Å²) in [6.45, 7) is 2.02. The molecule has 0 aliphatic rings. The van der Waals surface area contributed by atoms with Crippen LogP contribution in [0.4, 0.5) is 0 Å². The number of rotatable bonds is 1. The van der Waals surface area contributed by atoms with Gasteiger partial charge in [0.15, 0.2) is 0 Å². The summed E-state index contributed by atoms with van der Waals surface area (Å²) in [5.41, 5.74) is 2.80. The van der Waals surface area contributed by atoms with Crippen molar-refractivity contribution in [1.29, 1.82) is 5.26 Å². The number of benzene rings is 1. The van der Waals surface area contributed by atoms with Crippen LogP contribution < -0.4 is 0 Å². The van der Waals surface area contributed by atoms with Gasteiger partial charge >= 0.3 is 0 Å². The van der Waals surface area contributed by atoms with Crippen molar-refractivity contribution in [2.24, 2.45) is 0 Å². The molecular weight excluding hydrogens is 172 g/mol. The van der Waals surface area contributed by atoms with Crippen LogP contribution in [-0.2, 0) is 0 Å². The lowest BCUT2D eigenvalue weighted by Gasteiger charge is -2.05. The van der Waals surface area contributed by atoms with Crippen molar-refractivity contribution in [2.45, 2.75) is 6.92 Å². The number of hydrogen-bond donors (Lipinski definition) is 0. The monoisotopic (exact) mass is 182 g/mol. The van der Waals surface area contributed by atoms with E-state index in [-0.39, 0.29) is 0 Å². The highest BCUT2D eigenvalue weighted by molar-refractivity contribution is 5.50. The van der Waals surface area contributed by atoms with Crippen LogP contribution in [0.25, 0.3) is 5.69 Å². The highest BCUT2D eigenvalue weighted by Crippen LogP contribution is 2.15. The zero-order chi connectivity index (χ0) is 9.97. The average molecular weight is 182 g/mol. The summed E-state index contributed by atoms with van der Waals surface area (Å²) >= 11 is 0. The van der Waals surface area contributed by atoms with Crippen molar-refractivity contribution in [3.8, 4) is 11.8 Å². The van der Waals surface area contributed by atoms with E-state index in [4.69, 9.17) is 5.26 Å². The molecule has 1 heterocycles. The Hall–Kier alpha value is -2.01. The Labute approximate surface area is 83.0 Å². The second-order valence-corrected chi connectivity index (χ2v) is 3.22. The van der Waals surface area contributed by atoms with Crippen LogP contribution in [0.5, 0.6) is 0 Å². The number of aryl methyl sites for hydroxylation is 1. The average Bonchev–Trinajstić information content (AvgIpc) is 2.70. The van der Waals surface area contributed by atoms with Gasteiger partial charge in [-0.3, -0.25) is 0 Å². The summed E-state index contributed by atoms with van der Waals surface area (Å²) in [7, 11) is 0. The lowest BCUT2D eigenvalue weighted by Crippen LogP contribution is -1.94. The van der Waals surface area contributed by atoms with E-state index in [1.54, 1.807) is 0 Å². The van der Waals surface area contributed by atoms with Gasteiger partial charge in [0.1, 0.15) is 6.07 Å². The maximum absolute atomic E-state index is 8.94. The van der Waals surface area contributed by atoms with Crippen LogP contribution in [0.3, 0.4) is 0 Å². The maximum atomic E-state index is 8.94. The molecule has 0 spiro atoms. The van der Waals surface area contributed by atoms with E-state index in [1.807, 2.05) is 54.2 Å². The van der Waals surface area contributed by atoms with Gasteiger partial charge in [-0.05, 0) is 36.8 Å². The molecule has 2 nitrogen and oxygen atoms in total. The van der Waals surface area contributed by atoms with Crippen LogP contribution in [0, 0.1) is 18.3 Å². The Morgan fingerprint density at radius 3 is 2.57 bits per heavy atom. The normalized spacial score (nSPS) is 9.71. The van der Waals surface area contributed by atoms with Crippen molar-refractivity contribution >= 4 is 0 Å². The SMILES string of the molecule is Cc1ccc(C#N)c(-n2cccc2)c1. The summed E-state index contributed by atoms with van der Waals surface area (Å²) in [6.07, 6.45) is 3.88. The summed E-state index contributed by atoms with van der Waals surface area (Å²) in [5, 5.41) is 8.94. The molecule has 0 radical (unpaired) electrons. The summed E-state index contributed by atoms with van der Waals surface area (Å²) in [6, 6.07) is 11.9. The van der Waals surface area contributed by atoms with Crippen LogP contribution in [0.2, 0.25) is 0 Å². The van der Waals surface area contributed by atoms with Gasteiger partial charge in [0.25, 0.3) is 0 Å². The van der Waals surface area contributed by atoms with Crippen molar-refractivity contribution in [2.75, 3.05) is 0 Å². The van der Waals surface area contributed by atoms with E-state index in [9.17, 15) is 0 Å². The molecule has 1 aromatic carbocycles. The quantitative estimate of drug-likeness (QED) is 0.666. The number of hydrogen-bond acceptors (Lipinski definition) is 1. The van der Waals surface area contributed by atoms with Gasteiger partial charge in [-0.1, -0.05) is 6.07 Å². The third-order valence-corrected chi connectivity index (χ3v) is 2.16. The molecule has 0 saturated carbocycles. The van der Waals surface area contributed by atoms with E-state index in [2.05, 4.69) is 6.07 Å². The molecule has 0 aliphatic heterocycles. The van der Waals surface area contributed by atoms with Gasteiger partial charge < -0.3 is 4.57 Å². The second-order valence-electron chi connectivity index (χ2n) is 3.22. The van der Waals surface area contributed by atoms with Crippen molar-refractivity contribution in [3.63, 3.8) is 0 Å². The fraction of sp³-hybridized carbons (Fsp3) is 0.0833. The van der Waals surface area contributed by atoms with E-state index in [0.717, 1.165) is 11.3 Å². The molecule has 0 atom stereocenters. The summed E-state index contributed by atoms with van der Waals surface area (Å²) in [4.78, 5) is 0. The minimum atomic E-state index is 0.701. The predicted octanol–water partition coefficient (Wildman–Crippen LogP) is 2.66. The van der Waals surface area contributed by atoms with Gasteiger partial charge in [-0.25, -0.2) is 0 Å². The highest BCUT2D eigenvalue weighted by Gasteiger charge is 2.02. The molecule has 2 aromatic rings. The minimum Gasteiger partial charge on any atom is -0.323 e. The van der Waals surface area contributed by atoms with Crippen molar-refractivity contribution < 1.29 is 0 Å². The molecule has 0 saturated heterocycles. The number of nitrogens with zero attached hydrogens (tertiary/aromatic N) is 2. The third-order valence-electron chi connectivity index (χ3n) is 2.16. The molecule has 0 fully saturated rings. The zero-order valence-electron chi connectivity index (χ0n) is 7.94. The van der Waals surface area contributed by atoms with Crippen LogP contribution in [0.15, 0.2) is 42.7 Å². The lowest BCUT2D eigenvalue weighted by atomic mass is 10.1. The van der Waals surface area contributed by atoms with Crippen LogP contribution in [0.1, 0.15) is 11.1 Å². The molecule has 2 heteroatoms. The largest absolute Gasteiger partial charge is 0.323 e. The molecule has 0 aliphatic carbocycles. The molecule has 2 rings (SSSR count). The van der Waals surface area contributed by atoms with E-state index < -0.39 is 0 Å². The van der Waals surface area contributed by atoms with E-state index in [1.165, 1.54) is 0 Å². The Kier molecular flexibility index (Phi) is 2.08. The van der Waals surface area contributed by atoms with E-state index in [0.29, 0.717) is 5.56 Å². The second kappa shape index (κ2) is 3.39. The van der Waals surface area contributed by atoms with Gasteiger partial charge in [0.2, 0.25) is 0 Å². The van der Waals surface area contributed by atoms with Gasteiger partial charge in [0, 0.05) is 12.4 Å². The highest BCUT2D eigenvalue weighted by atomic mass is 14.9. The number of aromatic nitrogens is 1. The van der Waals surface area contributed by atoms with Gasteiger partial charge in [-0.15, -0.1) is 0 Å². The minimum absolute atomic E-state index is 0.701. The first-order valence-electron chi connectivity index (χ1n) is 4.45. The molecule has 0 N–H and O–H groups in total. The molecule has 0 bridgehead atoms. The van der Waals surface area contributed by atoms with Crippen LogP contribution >= 0.6 is 0 Å². The molecule has 14 heavy (non-hydrogen) atoms. The first kappa shape index (κ1) is 8.58. The third kappa shape index (κ3) is 1.40. The predicted molar refractivity (Wildman–Crippen MR) is 55.2 cm³/mol. The Balaban J connectivity index is 2.63. The smallest absolute Gasteiger partial charge is 0.101 e. The summed E-state index contributed by atoms with van der Waals surface area (Å²) < 4.78 is 1.95. The van der Waals surface area contributed by atoms with Crippen LogP contribution in [-0.4, -0.2) is 4.57 Å². The first-order valence-corrected chi connectivity index (χ1v) is 4.45. The molecule has 0 amide bonds. The van der Waals surface area contributed by atoms with Gasteiger partial charge in [0.05, 0.1) is 11.3 Å². The van der Waals surface area contributed by atoms with E-state index >= 15 is 0 Å². The topological polar surface area (TPSA) is 28.7 Å². The fourth-order valence-corrected chi connectivity index (χ4v) is 1.44. The zero-order valence-corrected chi connectivity index (χ0v) is 7.94. The first-order chi connectivity index (χ1) is 6.81. The fourth-order valence-electron chi connectivity index (χ4n) is 1.44. The summed E-state index contributed by atoms with van der Waals surface area (Å²) in [5.74, 6) is 0. The standard InChI is InChI=1S/C12H10N2/c1-10-4-5-11(9-13)12(8-10)14-6-2-3-7-14/h2-8H,1H3. The number of nitriles is 1.